The highest BCUT2D eigenvalue weighted by molar-refractivity contribution is 5.79. The maximum atomic E-state index is 10.9. The van der Waals surface area contributed by atoms with Crippen LogP contribution in [0.1, 0.15) is 12.0 Å². The summed E-state index contributed by atoms with van der Waals surface area (Å²) in [5.74, 6) is 4.88. The standard InChI is InChI=1S/C10H12N2O2/c11-12-8-4-2-1-3-7(8)5-6-9(12)10(13)14/h1-4,9H,5-6,11H2,(H,13,14). The summed E-state index contributed by atoms with van der Waals surface area (Å²) in [6, 6.07) is 7.04. The van der Waals surface area contributed by atoms with Gasteiger partial charge in [-0.25, -0.2) is 10.6 Å². The Balaban J connectivity index is 2.36. The average Bonchev–Trinajstić information content (AvgIpc) is 2.18. The first-order valence-electron chi connectivity index (χ1n) is 4.55. The van der Waals surface area contributed by atoms with Gasteiger partial charge in [0.25, 0.3) is 0 Å². The van der Waals surface area contributed by atoms with E-state index in [0.717, 1.165) is 17.7 Å². The second-order valence-electron chi connectivity index (χ2n) is 3.43. The van der Waals surface area contributed by atoms with Crippen molar-refractivity contribution < 1.29 is 9.90 Å². The van der Waals surface area contributed by atoms with Gasteiger partial charge in [0.05, 0.1) is 5.69 Å². The van der Waals surface area contributed by atoms with E-state index in [1.807, 2.05) is 24.3 Å². The lowest BCUT2D eigenvalue weighted by Crippen LogP contribution is -2.49. The molecule has 14 heavy (non-hydrogen) atoms. The molecule has 0 fully saturated rings. The van der Waals surface area contributed by atoms with Crippen molar-refractivity contribution in [2.24, 2.45) is 5.84 Å². The van der Waals surface area contributed by atoms with E-state index in [1.54, 1.807) is 0 Å². The van der Waals surface area contributed by atoms with Gasteiger partial charge in [0.15, 0.2) is 0 Å². The minimum Gasteiger partial charge on any atom is -0.480 e. The van der Waals surface area contributed by atoms with Crippen LogP contribution in [0.4, 0.5) is 5.69 Å². The predicted octanol–water partition coefficient (Wildman–Crippen LogP) is 0.766. The number of hydrogen-bond donors (Lipinski definition) is 2. The molecule has 74 valence electrons. The number of benzene rings is 1. The Labute approximate surface area is 81.9 Å². The molecular weight excluding hydrogens is 180 g/mol. The molecule has 0 bridgehead atoms. The third-order valence-electron chi connectivity index (χ3n) is 2.58. The maximum absolute atomic E-state index is 10.9. The van der Waals surface area contributed by atoms with Crippen molar-refractivity contribution in [1.82, 2.24) is 0 Å². The van der Waals surface area contributed by atoms with Crippen LogP contribution < -0.4 is 10.9 Å². The molecule has 0 aromatic heterocycles. The van der Waals surface area contributed by atoms with Gasteiger partial charge in [-0.3, -0.25) is 5.01 Å². The highest BCUT2D eigenvalue weighted by Crippen LogP contribution is 2.27. The summed E-state index contributed by atoms with van der Waals surface area (Å²) in [6.07, 6.45) is 1.35. The molecule has 1 aliphatic rings. The fraction of sp³-hybridized carbons (Fsp3) is 0.300. The number of fused-ring (bicyclic) bond motifs is 1. The molecule has 4 nitrogen and oxygen atoms in total. The van der Waals surface area contributed by atoms with Gasteiger partial charge in [0.1, 0.15) is 6.04 Å². The minimum atomic E-state index is -0.859. The fourth-order valence-corrected chi connectivity index (χ4v) is 1.82. The molecule has 0 saturated carbocycles. The molecule has 0 spiro atoms. The Bertz CT molecular complexity index is 365. The van der Waals surface area contributed by atoms with Crippen molar-refractivity contribution in [3.8, 4) is 0 Å². The lowest BCUT2D eigenvalue weighted by Gasteiger charge is -2.32. The second kappa shape index (κ2) is 3.31. The average molecular weight is 192 g/mol. The van der Waals surface area contributed by atoms with Crippen LogP contribution in [0.2, 0.25) is 0 Å². The number of aryl methyl sites for hydroxylation is 1. The van der Waals surface area contributed by atoms with Gasteiger partial charge in [-0.05, 0) is 24.5 Å². The SMILES string of the molecule is NN1c2ccccc2CCC1C(=O)O. The first-order valence-corrected chi connectivity index (χ1v) is 4.55. The van der Waals surface area contributed by atoms with Crippen LogP contribution in [-0.2, 0) is 11.2 Å². The molecule has 1 aromatic carbocycles. The fourth-order valence-electron chi connectivity index (χ4n) is 1.82. The molecule has 0 radical (unpaired) electrons. The minimum absolute atomic E-state index is 0.572. The number of nitrogens with two attached hydrogens (primary N) is 1. The summed E-state index contributed by atoms with van der Waals surface area (Å²) in [5, 5.41) is 10.3. The summed E-state index contributed by atoms with van der Waals surface area (Å²) >= 11 is 0. The normalized spacial score (nSPS) is 20.4. The van der Waals surface area contributed by atoms with Gasteiger partial charge in [0, 0.05) is 0 Å². The van der Waals surface area contributed by atoms with E-state index in [9.17, 15) is 4.79 Å². The predicted molar refractivity (Wildman–Crippen MR) is 52.9 cm³/mol. The summed E-state index contributed by atoms with van der Waals surface area (Å²) in [6.45, 7) is 0. The van der Waals surface area contributed by atoms with E-state index >= 15 is 0 Å². The Morgan fingerprint density at radius 2 is 2.21 bits per heavy atom. The molecule has 0 saturated heterocycles. The molecule has 0 aliphatic carbocycles. The monoisotopic (exact) mass is 192 g/mol. The van der Waals surface area contributed by atoms with Crippen LogP contribution in [0.15, 0.2) is 24.3 Å². The molecule has 1 aromatic rings. The van der Waals surface area contributed by atoms with Gasteiger partial charge in [-0.2, -0.15) is 0 Å². The number of hydrogen-bond acceptors (Lipinski definition) is 3. The number of carbonyl (C=O) groups is 1. The highest BCUT2D eigenvalue weighted by Gasteiger charge is 2.28. The molecular formula is C10H12N2O2. The zero-order valence-corrected chi connectivity index (χ0v) is 7.68. The van der Waals surface area contributed by atoms with Crippen molar-refractivity contribution in [1.29, 1.82) is 0 Å². The van der Waals surface area contributed by atoms with E-state index < -0.39 is 12.0 Å². The maximum Gasteiger partial charge on any atom is 0.327 e. The number of rotatable bonds is 1. The number of nitrogens with zero attached hydrogens (tertiary/aromatic N) is 1. The number of carboxylic acids is 1. The molecule has 1 unspecified atom stereocenters. The molecule has 1 heterocycles. The summed E-state index contributed by atoms with van der Waals surface area (Å²) < 4.78 is 0. The van der Waals surface area contributed by atoms with Crippen LogP contribution in [0.5, 0.6) is 0 Å². The van der Waals surface area contributed by atoms with Crippen molar-refractivity contribution >= 4 is 11.7 Å². The number of hydrazine groups is 1. The number of carboxylic acid groups (broad SMARTS) is 1. The zero-order valence-electron chi connectivity index (χ0n) is 7.68. The lowest BCUT2D eigenvalue weighted by molar-refractivity contribution is -0.138. The van der Waals surface area contributed by atoms with Crippen LogP contribution >= 0.6 is 0 Å². The molecule has 2 rings (SSSR count). The van der Waals surface area contributed by atoms with Gasteiger partial charge < -0.3 is 5.11 Å². The Hall–Kier alpha value is -1.55. The first kappa shape index (κ1) is 9.02. The van der Waals surface area contributed by atoms with E-state index in [-0.39, 0.29) is 0 Å². The van der Waals surface area contributed by atoms with Crippen molar-refractivity contribution in [3.63, 3.8) is 0 Å². The topological polar surface area (TPSA) is 66.6 Å². The van der Waals surface area contributed by atoms with Crippen molar-refractivity contribution in [2.75, 3.05) is 5.01 Å². The third-order valence-corrected chi connectivity index (χ3v) is 2.58. The van der Waals surface area contributed by atoms with Gasteiger partial charge >= 0.3 is 5.97 Å². The van der Waals surface area contributed by atoms with Gasteiger partial charge in [-0.15, -0.1) is 0 Å². The summed E-state index contributed by atoms with van der Waals surface area (Å²) in [4.78, 5) is 10.9. The number of aliphatic carboxylic acids is 1. The largest absolute Gasteiger partial charge is 0.480 e. The Morgan fingerprint density at radius 1 is 1.50 bits per heavy atom. The molecule has 0 amide bonds. The first-order chi connectivity index (χ1) is 6.70. The number of para-hydroxylation sites is 1. The molecule has 4 heteroatoms. The summed E-state index contributed by atoms with van der Waals surface area (Å²) in [7, 11) is 0. The third kappa shape index (κ3) is 1.33. The molecule has 3 N–H and O–H groups in total. The van der Waals surface area contributed by atoms with E-state index in [0.29, 0.717) is 6.42 Å². The van der Waals surface area contributed by atoms with Crippen molar-refractivity contribution in [3.05, 3.63) is 29.8 Å². The van der Waals surface area contributed by atoms with Crippen molar-refractivity contribution in [2.45, 2.75) is 18.9 Å². The van der Waals surface area contributed by atoms with Gasteiger partial charge in [0.2, 0.25) is 0 Å². The lowest BCUT2D eigenvalue weighted by atomic mass is 9.97. The Morgan fingerprint density at radius 3 is 2.93 bits per heavy atom. The quantitative estimate of drug-likeness (QED) is 0.645. The Kier molecular flexibility index (Phi) is 2.13. The summed E-state index contributed by atoms with van der Waals surface area (Å²) in [5.41, 5.74) is 1.94. The molecule has 1 atom stereocenters. The van der Waals surface area contributed by atoms with Crippen LogP contribution in [-0.4, -0.2) is 17.1 Å². The smallest absolute Gasteiger partial charge is 0.327 e. The second-order valence-corrected chi connectivity index (χ2v) is 3.43. The van der Waals surface area contributed by atoms with Crippen LogP contribution in [0, 0.1) is 0 Å². The highest BCUT2D eigenvalue weighted by atomic mass is 16.4. The van der Waals surface area contributed by atoms with E-state index in [1.165, 1.54) is 5.01 Å². The van der Waals surface area contributed by atoms with E-state index in [2.05, 4.69) is 0 Å². The molecule has 1 aliphatic heterocycles. The van der Waals surface area contributed by atoms with Crippen LogP contribution in [0.25, 0.3) is 0 Å². The van der Waals surface area contributed by atoms with E-state index in [4.69, 9.17) is 10.9 Å². The van der Waals surface area contributed by atoms with Crippen LogP contribution in [0.3, 0.4) is 0 Å². The van der Waals surface area contributed by atoms with Gasteiger partial charge in [-0.1, -0.05) is 18.2 Å². The number of anilines is 1. The zero-order chi connectivity index (χ0) is 10.1.